The Hall–Kier alpha value is -3.23. The third-order valence-corrected chi connectivity index (χ3v) is 5.10. The SMILES string of the molecule is COC(=O)c1c(-c2ccccc2)csc1NC(=O)c1ccc([N+](=O)[O-])c(Cl)c1. The molecule has 7 nitrogen and oxygen atoms in total. The van der Waals surface area contributed by atoms with E-state index < -0.39 is 16.8 Å². The highest BCUT2D eigenvalue weighted by Gasteiger charge is 2.23. The van der Waals surface area contributed by atoms with Gasteiger partial charge in [0.2, 0.25) is 0 Å². The smallest absolute Gasteiger partial charge is 0.341 e. The van der Waals surface area contributed by atoms with Gasteiger partial charge in [-0.15, -0.1) is 11.3 Å². The van der Waals surface area contributed by atoms with Crippen LogP contribution in [-0.2, 0) is 4.74 Å². The van der Waals surface area contributed by atoms with Gasteiger partial charge < -0.3 is 10.1 Å². The number of esters is 1. The van der Waals surface area contributed by atoms with E-state index in [4.69, 9.17) is 16.3 Å². The van der Waals surface area contributed by atoms with E-state index in [-0.39, 0.29) is 21.8 Å². The second-order valence-corrected chi connectivity index (χ2v) is 6.88. The van der Waals surface area contributed by atoms with E-state index in [1.165, 1.54) is 30.6 Å². The minimum Gasteiger partial charge on any atom is -0.465 e. The summed E-state index contributed by atoms with van der Waals surface area (Å²) in [5, 5.41) is 15.4. The monoisotopic (exact) mass is 416 g/mol. The first-order chi connectivity index (χ1) is 13.4. The van der Waals surface area contributed by atoms with Gasteiger partial charge in [-0.3, -0.25) is 14.9 Å². The van der Waals surface area contributed by atoms with Crippen molar-refractivity contribution in [3.8, 4) is 11.1 Å². The van der Waals surface area contributed by atoms with Crippen molar-refractivity contribution < 1.29 is 19.2 Å². The van der Waals surface area contributed by atoms with Gasteiger partial charge in [0.25, 0.3) is 11.6 Å². The highest BCUT2D eigenvalue weighted by Crippen LogP contribution is 2.36. The minimum atomic E-state index is -0.634. The maximum absolute atomic E-state index is 12.6. The molecule has 0 bridgehead atoms. The van der Waals surface area contributed by atoms with Gasteiger partial charge >= 0.3 is 5.97 Å². The number of nitro benzene ring substituents is 1. The normalized spacial score (nSPS) is 10.4. The molecule has 1 amide bonds. The number of hydrogen-bond acceptors (Lipinski definition) is 6. The van der Waals surface area contributed by atoms with E-state index in [1.807, 2.05) is 30.3 Å². The molecule has 1 heterocycles. The van der Waals surface area contributed by atoms with Gasteiger partial charge in [0.1, 0.15) is 15.6 Å². The Labute approximate surface area is 168 Å². The first-order valence-corrected chi connectivity index (χ1v) is 9.18. The summed E-state index contributed by atoms with van der Waals surface area (Å²) in [6.45, 7) is 0. The summed E-state index contributed by atoms with van der Waals surface area (Å²) in [6, 6.07) is 12.9. The summed E-state index contributed by atoms with van der Waals surface area (Å²) in [4.78, 5) is 35.1. The molecule has 3 rings (SSSR count). The zero-order valence-corrected chi connectivity index (χ0v) is 16.0. The second-order valence-electron chi connectivity index (χ2n) is 5.59. The Morgan fingerprint density at radius 2 is 1.89 bits per heavy atom. The average Bonchev–Trinajstić information content (AvgIpc) is 3.11. The fraction of sp³-hybridized carbons (Fsp3) is 0.0526. The molecule has 142 valence electrons. The Balaban J connectivity index is 1.95. The number of amides is 1. The molecule has 3 aromatic rings. The summed E-state index contributed by atoms with van der Waals surface area (Å²) in [6.07, 6.45) is 0. The molecular weight excluding hydrogens is 404 g/mol. The largest absolute Gasteiger partial charge is 0.465 e. The molecule has 0 fully saturated rings. The lowest BCUT2D eigenvalue weighted by Gasteiger charge is -2.08. The fourth-order valence-corrected chi connectivity index (χ4v) is 3.76. The zero-order chi connectivity index (χ0) is 20.3. The molecule has 1 N–H and O–H groups in total. The highest BCUT2D eigenvalue weighted by atomic mass is 35.5. The molecule has 0 atom stereocenters. The first-order valence-electron chi connectivity index (χ1n) is 7.93. The van der Waals surface area contributed by atoms with Crippen molar-refractivity contribution in [1.82, 2.24) is 0 Å². The fourth-order valence-electron chi connectivity index (χ4n) is 2.56. The molecule has 9 heteroatoms. The van der Waals surface area contributed by atoms with E-state index in [0.29, 0.717) is 10.6 Å². The second kappa shape index (κ2) is 8.20. The van der Waals surface area contributed by atoms with Crippen LogP contribution in [0.15, 0.2) is 53.9 Å². The van der Waals surface area contributed by atoms with Crippen LogP contribution in [0.2, 0.25) is 5.02 Å². The molecule has 2 aromatic carbocycles. The van der Waals surface area contributed by atoms with E-state index in [9.17, 15) is 19.7 Å². The van der Waals surface area contributed by atoms with Crippen molar-refractivity contribution in [2.45, 2.75) is 0 Å². The van der Waals surface area contributed by atoms with Crippen molar-refractivity contribution >= 4 is 45.5 Å². The molecule has 28 heavy (non-hydrogen) atoms. The number of carbonyl (C=O) groups is 2. The van der Waals surface area contributed by atoms with Crippen LogP contribution in [0, 0.1) is 10.1 Å². The number of benzene rings is 2. The molecular formula is C19H13ClN2O5S. The highest BCUT2D eigenvalue weighted by molar-refractivity contribution is 7.15. The Morgan fingerprint density at radius 1 is 1.18 bits per heavy atom. The van der Waals surface area contributed by atoms with Crippen molar-refractivity contribution in [2.75, 3.05) is 12.4 Å². The molecule has 0 aliphatic carbocycles. The van der Waals surface area contributed by atoms with Crippen molar-refractivity contribution in [3.05, 3.63) is 80.2 Å². The Kier molecular flexibility index (Phi) is 5.72. The molecule has 0 radical (unpaired) electrons. The molecule has 0 aliphatic heterocycles. The van der Waals surface area contributed by atoms with Crippen LogP contribution in [-0.4, -0.2) is 23.9 Å². The lowest BCUT2D eigenvalue weighted by Crippen LogP contribution is -2.14. The Morgan fingerprint density at radius 3 is 2.50 bits per heavy atom. The number of nitro groups is 1. The van der Waals surface area contributed by atoms with Crippen molar-refractivity contribution in [2.24, 2.45) is 0 Å². The maximum atomic E-state index is 12.6. The van der Waals surface area contributed by atoms with E-state index in [0.717, 1.165) is 11.6 Å². The number of thiophene rings is 1. The van der Waals surface area contributed by atoms with Crippen LogP contribution >= 0.6 is 22.9 Å². The van der Waals surface area contributed by atoms with E-state index in [2.05, 4.69) is 5.32 Å². The number of methoxy groups -OCH3 is 1. The average molecular weight is 417 g/mol. The van der Waals surface area contributed by atoms with Gasteiger partial charge in [-0.1, -0.05) is 41.9 Å². The van der Waals surface area contributed by atoms with Gasteiger partial charge in [0.05, 0.1) is 12.0 Å². The molecule has 0 spiro atoms. The summed E-state index contributed by atoms with van der Waals surface area (Å²) in [7, 11) is 1.26. The number of carbonyl (C=O) groups excluding carboxylic acids is 2. The number of rotatable bonds is 5. The lowest BCUT2D eigenvalue weighted by atomic mass is 10.0. The predicted octanol–water partition coefficient (Wildman–Crippen LogP) is 5.02. The predicted molar refractivity (Wildman–Crippen MR) is 107 cm³/mol. The molecule has 0 unspecified atom stereocenters. The lowest BCUT2D eigenvalue weighted by molar-refractivity contribution is -0.384. The van der Waals surface area contributed by atoms with Gasteiger partial charge in [-0.2, -0.15) is 0 Å². The first kappa shape index (κ1) is 19.5. The number of halogens is 1. The molecule has 0 saturated heterocycles. The number of ether oxygens (including phenoxy) is 1. The van der Waals surface area contributed by atoms with Crippen molar-refractivity contribution in [3.63, 3.8) is 0 Å². The number of hydrogen-bond donors (Lipinski definition) is 1. The van der Waals surface area contributed by atoms with Crippen LogP contribution < -0.4 is 5.32 Å². The minimum absolute atomic E-state index is 0.126. The number of nitrogens with zero attached hydrogens (tertiary/aromatic N) is 1. The molecule has 1 aromatic heterocycles. The maximum Gasteiger partial charge on any atom is 0.341 e. The van der Waals surface area contributed by atoms with Gasteiger partial charge in [0, 0.05) is 22.6 Å². The Bertz CT molecular complexity index is 1070. The summed E-state index contributed by atoms with van der Waals surface area (Å²) in [5.74, 6) is -1.14. The summed E-state index contributed by atoms with van der Waals surface area (Å²) >= 11 is 7.04. The van der Waals surface area contributed by atoms with Crippen LogP contribution in [0.4, 0.5) is 10.7 Å². The zero-order valence-electron chi connectivity index (χ0n) is 14.5. The summed E-state index contributed by atoms with van der Waals surface area (Å²) in [5.41, 5.74) is 1.50. The van der Waals surface area contributed by atoms with Gasteiger partial charge in [-0.05, 0) is 17.7 Å². The number of anilines is 1. The number of nitrogens with one attached hydrogen (secondary N) is 1. The van der Waals surface area contributed by atoms with Crippen molar-refractivity contribution in [1.29, 1.82) is 0 Å². The van der Waals surface area contributed by atoms with E-state index in [1.54, 1.807) is 5.38 Å². The van der Waals surface area contributed by atoms with E-state index >= 15 is 0 Å². The third kappa shape index (κ3) is 3.88. The quantitative estimate of drug-likeness (QED) is 0.358. The van der Waals surface area contributed by atoms with Crippen LogP contribution in [0.5, 0.6) is 0 Å². The van der Waals surface area contributed by atoms with Gasteiger partial charge in [-0.25, -0.2) is 4.79 Å². The topological polar surface area (TPSA) is 98.5 Å². The molecule has 0 saturated carbocycles. The van der Waals surface area contributed by atoms with Gasteiger partial charge in [0.15, 0.2) is 0 Å². The van der Waals surface area contributed by atoms with Crippen LogP contribution in [0.1, 0.15) is 20.7 Å². The third-order valence-electron chi connectivity index (χ3n) is 3.90. The molecule has 0 aliphatic rings. The van der Waals surface area contributed by atoms with Crippen LogP contribution in [0.3, 0.4) is 0 Å². The standard InChI is InChI=1S/C19H13ClN2O5S/c1-27-19(24)16-13(11-5-3-2-4-6-11)10-28-18(16)21-17(23)12-7-8-15(22(25)26)14(20)9-12/h2-10H,1H3,(H,21,23). The summed E-state index contributed by atoms with van der Waals surface area (Å²) < 4.78 is 4.87. The van der Waals surface area contributed by atoms with Crippen LogP contribution in [0.25, 0.3) is 11.1 Å².